The number of nitrogens with one attached hydrogen (secondary N) is 1. The third-order valence-corrected chi connectivity index (χ3v) is 5.82. The molecule has 0 spiro atoms. The normalized spacial score (nSPS) is 13.0. The average molecular weight is 403 g/mol. The fourth-order valence-corrected chi connectivity index (χ4v) is 3.74. The van der Waals surface area contributed by atoms with Crippen molar-refractivity contribution in [2.75, 3.05) is 23.7 Å². The van der Waals surface area contributed by atoms with Crippen LogP contribution in [0.3, 0.4) is 0 Å². The zero-order valence-corrected chi connectivity index (χ0v) is 18.1. The van der Waals surface area contributed by atoms with Crippen molar-refractivity contribution in [3.8, 4) is 0 Å². The van der Waals surface area contributed by atoms with Crippen LogP contribution in [0.25, 0.3) is 0 Å². The van der Waals surface area contributed by atoms with E-state index in [4.69, 9.17) is 0 Å². The fourth-order valence-electron chi connectivity index (χ4n) is 2.88. The average Bonchev–Trinajstić information content (AvgIpc) is 2.63. The number of nitrogens with zero attached hydrogens (tertiary/aromatic N) is 1. The van der Waals surface area contributed by atoms with Crippen molar-refractivity contribution in [1.29, 1.82) is 0 Å². The first-order chi connectivity index (χ1) is 13.0. The highest BCUT2D eigenvalue weighted by atomic mass is 32.2. The maximum Gasteiger partial charge on any atom is 0.240 e. The Hall–Kier alpha value is -2.34. The molecule has 28 heavy (non-hydrogen) atoms. The van der Waals surface area contributed by atoms with Crippen LogP contribution in [0.5, 0.6) is 0 Å². The number of amides is 1. The molecule has 0 radical (unpaired) electrons. The second-order valence-corrected chi connectivity index (χ2v) is 10.1. The molecule has 2 aromatic rings. The lowest BCUT2D eigenvalue weighted by Crippen LogP contribution is -2.41. The molecule has 2 aromatic carbocycles. The van der Waals surface area contributed by atoms with Gasteiger partial charge < -0.3 is 5.32 Å². The van der Waals surface area contributed by atoms with E-state index in [0.29, 0.717) is 12.2 Å². The lowest BCUT2D eigenvalue weighted by molar-refractivity contribution is -0.119. The maximum atomic E-state index is 12.4. The second kappa shape index (κ2) is 8.78. The van der Waals surface area contributed by atoms with Gasteiger partial charge in [0.1, 0.15) is 6.54 Å². The smallest absolute Gasteiger partial charge is 0.240 e. The van der Waals surface area contributed by atoms with Crippen LogP contribution in [0.4, 0.5) is 5.69 Å². The molecule has 0 heterocycles. The third-order valence-electron chi connectivity index (χ3n) is 4.68. The van der Waals surface area contributed by atoms with Gasteiger partial charge in [-0.2, -0.15) is 0 Å². The zero-order chi connectivity index (χ0) is 20.9. The summed E-state index contributed by atoms with van der Waals surface area (Å²) in [5.74, 6) is -0.184. The molecule has 6 heteroatoms. The summed E-state index contributed by atoms with van der Waals surface area (Å²) in [5.41, 5.74) is 2.69. The van der Waals surface area contributed by atoms with Crippen LogP contribution in [0.2, 0.25) is 0 Å². The SMILES string of the molecule is CC(CNC(=O)CN(c1ccc(C(C)(C)C)cc1)S(C)(=O)=O)c1ccccc1. The molecular weight excluding hydrogens is 372 g/mol. The molecule has 1 N–H and O–H groups in total. The number of hydrogen-bond donors (Lipinski definition) is 1. The van der Waals surface area contributed by atoms with Crippen LogP contribution in [-0.4, -0.2) is 33.7 Å². The Kier molecular flexibility index (Phi) is 6.88. The molecule has 5 nitrogen and oxygen atoms in total. The van der Waals surface area contributed by atoms with E-state index in [1.54, 1.807) is 12.1 Å². The Labute approximate surface area is 168 Å². The monoisotopic (exact) mass is 402 g/mol. The van der Waals surface area contributed by atoms with Crippen molar-refractivity contribution in [3.05, 3.63) is 65.7 Å². The van der Waals surface area contributed by atoms with Crippen molar-refractivity contribution >= 4 is 21.6 Å². The number of rotatable bonds is 7. The molecule has 0 saturated heterocycles. The molecular formula is C22H30N2O3S. The van der Waals surface area contributed by atoms with Gasteiger partial charge in [-0.15, -0.1) is 0 Å². The molecule has 2 rings (SSSR count). The number of carbonyl (C=O) groups excluding carboxylic acids is 1. The first kappa shape index (κ1) is 22.0. The van der Waals surface area contributed by atoms with E-state index in [-0.39, 0.29) is 23.8 Å². The topological polar surface area (TPSA) is 66.5 Å². The van der Waals surface area contributed by atoms with Crippen LogP contribution >= 0.6 is 0 Å². The van der Waals surface area contributed by atoms with E-state index in [1.165, 1.54) is 0 Å². The minimum absolute atomic E-state index is 0.0284. The van der Waals surface area contributed by atoms with Crippen LogP contribution in [0, 0.1) is 0 Å². The number of anilines is 1. The quantitative estimate of drug-likeness (QED) is 0.768. The van der Waals surface area contributed by atoms with Crippen molar-refractivity contribution in [3.63, 3.8) is 0 Å². The first-order valence-electron chi connectivity index (χ1n) is 9.38. The van der Waals surface area contributed by atoms with E-state index in [1.807, 2.05) is 49.4 Å². The third kappa shape index (κ3) is 6.09. The lowest BCUT2D eigenvalue weighted by atomic mass is 9.87. The Morgan fingerprint density at radius 1 is 1.04 bits per heavy atom. The van der Waals surface area contributed by atoms with Crippen molar-refractivity contribution in [1.82, 2.24) is 5.32 Å². The highest BCUT2D eigenvalue weighted by Crippen LogP contribution is 2.25. The van der Waals surface area contributed by atoms with E-state index >= 15 is 0 Å². The molecule has 0 bridgehead atoms. The standard InChI is InChI=1S/C22H30N2O3S/c1-17(18-9-7-6-8-10-18)15-23-21(25)16-24(28(5,26)27)20-13-11-19(12-14-20)22(2,3)4/h6-14,17H,15-16H2,1-5H3,(H,23,25). The van der Waals surface area contributed by atoms with Gasteiger partial charge in [0.05, 0.1) is 11.9 Å². The van der Waals surface area contributed by atoms with Crippen molar-refractivity contribution in [2.45, 2.75) is 39.0 Å². The van der Waals surface area contributed by atoms with Crippen molar-refractivity contribution < 1.29 is 13.2 Å². The molecule has 0 aliphatic rings. The van der Waals surface area contributed by atoms with E-state index < -0.39 is 10.0 Å². The molecule has 0 saturated carbocycles. The largest absolute Gasteiger partial charge is 0.354 e. The van der Waals surface area contributed by atoms with E-state index in [0.717, 1.165) is 21.7 Å². The van der Waals surface area contributed by atoms with E-state index in [2.05, 4.69) is 26.1 Å². The molecule has 0 aliphatic heterocycles. The predicted octanol–water partition coefficient (Wildman–Crippen LogP) is 3.67. The minimum atomic E-state index is -3.58. The summed E-state index contributed by atoms with van der Waals surface area (Å²) in [6, 6.07) is 17.2. The summed E-state index contributed by atoms with van der Waals surface area (Å²) in [6.07, 6.45) is 1.12. The molecule has 0 aromatic heterocycles. The van der Waals surface area contributed by atoms with Gasteiger partial charge in [0.15, 0.2) is 0 Å². The Balaban J connectivity index is 2.07. The van der Waals surface area contributed by atoms with Gasteiger partial charge in [-0.1, -0.05) is 70.2 Å². The van der Waals surface area contributed by atoms with Gasteiger partial charge in [0.2, 0.25) is 15.9 Å². The van der Waals surface area contributed by atoms with Crippen LogP contribution in [-0.2, 0) is 20.2 Å². The Morgan fingerprint density at radius 2 is 1.61 bits per heavy atom. The number of sulfonamides is 1. The maximum absolute atomic E-state index is 12.4. The molecule has 1 unspecified atom stereocenters. The Bertz CT molecular complexity index is 886. The van der Waals surface area contributed by atoms with Gasteiger partial charge >= 0.3 is 0 Å². The molecule has 0 fully saturated rings. The number of carbonyl (C=O) groups is 1. The molecule has 1 atom stereocenters. The molecule has 1 amide bonds. The van der Waals surface area contributed by atoms with Gasteiger partial charge in [0, 0.05) is 6.54 Å². The Morgan fingerprint density at radius 3 is 2.11 bits per heavy atom. The van der Waals surface area contributed by atoms with Gasteiger partial charge in [-0.3, -0.25) is 9.10 Å². The van der Waals surface area contributed by atoms with Gasteiger partial charge in [-0.05, 0) is 34.6 Å². The van der Waals surface area contributed by atoms with Crippen molar-refractivity contribution in [2.24, 2.45) is 0 Å². The summed E-state index contributed by atoms with van der Waals surface area (Å²) in [7, 11) is -3.58. The van der Waals surface area contributed by atoms with Crippen LogP contribution in [0.15, 0.2) is 54.6 Å². The second-order valence-electron chi connectivity index (χ2n) is 8.18. The first-order valence-corrected chi connectivity index (χ1v) is 11.2. The minimum Gasteiger partial charge on any atom is -0.354 e. The predicted molar refractivity (Wildman–Crippen MR) is 115 cm³/mol. The van der Waals surface area contributed by atoms with Crippen LogP contribution < -0.4 is 9.62 Å². The number of hydrogen-bond acceptors (Lipinski definition) is 3. The summed E-state index contributed by atoms with van der Waals surface area (Å²) < 4.78 is 25.7. The summed E-state index contributed by atoms with van der Waals surface area (Å²) in [5, 5.41) is 2.84. The zero-order valence-electron chi connectivity index (χ0n) is 17.3. The highest BCUT2D eigenvalue weighted by molar-refractivity contribution is 7.92. The molecule has 0 aliphatic carbocycles. The van der Waals surface area contributed by atoms with Gasteiger partial charge in [0.25, 0.3) is 0 Å². The summed E-state index contributed by atoms with van der Waals surface area (Å²) in [4.78, 5) is 12.4. The lowest BCUT2D eigenvalue weighted by Gasteiger charge is -2.24. The van der Waals surface area contributed by atoms with E-state index in [9.17, 15) is 13.2 Å². The van der Waals surface area contributed by atoms with Gasteiger partial charge in [-0.25, -0.2) is 8.42 Å². The summed E-state index contributed by atoms with van der Waals surface area (Å²) in [6.45, 7) is 8.51. The van der Waals surface area contributed by atoms with Crippen LogP contribution in [0.1, 0.15) is 44.7 Å². The highest BCUT2D eigenvalue weighted by Gasteiger charge is 2.22. The summed E-state index contributed by atoms with van der Waals surface area (Å²) >= 11 is 0. The fraction of sp³-hybridized carbons (Fsp3) is 0.409. The molecule has 152 valence electrons. The number of benzene rings is 2.